The molecular formula is C8H9ClN2. The van der Waals surface area contributed by atoms with Gasteiger partial charge in [0.05, 0.1) is 0 Å². The molecule has 0 aromatic rings. The van der Waals surface area contributed by atoms with Crippen molar-refractivity contribution in [3.05, 3.63) is 30.5 Å². The number of halogens is 1. The van der Waals surface area contributed by atoms with E-state index >= 15 is 0 Å². The maximum atomic E-state index is 5.68. The Morgan fingerprint density at radius 3 is 2.73 bits per heavy atom. The first kappa shape index (κ1) is 7.95. The number of anilines is 1. The van der Waals surface area contributed by atoms with Crippen molar-refractivity contribution < 1.29 is 0 Å². The molecule has 0 aromatic carbocycles. The summed E-state index contributed by atoms with van der Waals surface area (Å²) in [6, 6.07) is 7.85. The van der Waals surface area contributed by atoms with Crippen LogP contribution in [-0.4, -0.2) is 4.98 Å². The molecule has 58 valence electrons. The Bertz CT molecular complexity index is 316. The van der Waals surface area contributed by atoms with Gasteiger partial charge in [0.1, 0.15) is 0 Å². The molecule has 3 N–H and O–H groups in total. The maximum Gasteiger partial charge on any atom is 0.0474 e. The third kappa shape index (κ3) is 1.17. The molecule has 0 unspecified atom stereocenters. The van der Waals surface area contributed by atoms with Crippen molar-refractivity contribution in [2.24, 2.45) is 0 Å². The summed E-state index contributed by atoms with van der Waals surface area (Å²) in [5, 5.41) is 0. The number of hydrogen-bond acceptors (Lipinski definition) is 1. The van der Waals surface area contributed by atoms with Crippen LogP contribution in [0.25, 0.3) is 11.3 Å². The summed E-state index contributed by atoms with van der Waals surface area (Å²) in [7, 11) is 0. The van der Waals surface area contributed by atoms with Crippen molar-refractivity contribution in [2.45, 2.75) is 0 Å². The fourth-order valence-electron chi connectivity index (χ4n) is 1.11. The van der Waals surface area contributed by atoms with Crippen molar-refractivity contribution in [3.63, 3.8) is 0 Å². The molecule has 0 aromatic heterocycles. The lowest BCUT2D eigenvalue weighted by Crippen LogP contribution is -1.89. The predicted molar refractivity (Wildman–Crippen MR) is 49.1 cm³/mol. The minimum atomic E-state index is 0. The van der Waals surface area contributed by atoms with Gasteiger partial charge in [0.2, 0.25) is 0 Å². The first-order valence-electron chi connectivity index (χ1n) is 3.19. The summed E-state index contributed by atoms with van der Waals surface area (Å²) < 4.78 is 0. The van der Waals surface area contributed by atoms with Crippen LogP contribution in [-0.2, 0) is 0 Å². The molecule has 0 amide bonds. The van der Waals surface area contributed by atoms with E-state index in [1.165, 1.54) is 0 Å². The molecule has 11 heavy (non-hydrogen) atoms. The van der Waals surface area contributed by atoms with Gasteiger partial charge in [-0.2, -0.15) is 0 Å². The lowest BCUT2D eigenvalue weighted by molar-refractivity contribution is 1.34. The number of H-pyrrole nitrogens is 1. The van der Waals surface area contributed by atoms with E-state index in [9.17, 15) is 0 Å². The van der Waals surface area contributed by atoms with Crippen molar-refractivity contribution in [1.29, 1.82) is 0 Å². The zero-order valence-electron chi connectivity index (χ0n) is 5.87. The summed E-state index contributed by atoms with van der Waals surface area (Å²) in [6.07, 6.45) is 1.84. The first-order chi connectivity index (χ1) is 4.88. The molecule has 2 aliphatic rings. The third-order valence-corrected chi connectivity index (χ3v) is 1.63. The lowest BCUT2D eigenvalue weighted by Gasteiger charge is -2.00. The highest BCUT2D eigenvalue weighted by molar-refractivity contribution is 5.85. The molecule has 2 nitrogen and oxygen atoms in total. The number of nitrogens with one attached hydrogen (secondary N) is 1. The van der Waals surface area contributed by atoms with Gasteiger partial charge in [-0.15, -0.1) is 12.4 Å². The van der Waals surface area contributed by atoms with E-state index < -0.39 is 0 Å². The predicted octanol–water partition coefficient (Wildman–Crippen LogP) is 2.12. The number of rotatable bonds is 0. The van der Waals surface area contributed by atoms with E-state index in [1.807, 2.05) is 30.5 Å². The van der Waals surface area contributed by atoms with Gasteiger partial charge >= 0.3 is 0 Å². The number of hydrogen-bond donors (Lipinski definition) is 2. The van der Waals surface area contributed by atoms with E-state index in [1.54, 1.807) is 0 Å². The summed E-state index contributed by atoms with van der Waals surface area (Å²) >= 11 is 0. The van der Waals surface area contributed by atoms with Gasteiger partial charge in [-0.3, -0.25) is 0 Å². The maximum absolute atomic E-state index is 5.68. The van der Waals surface area contributed by atoms with Crippen LogP contribution >= 0.6 is 12.4 Å². The Labute approximate surface area is 71.2 Å². The topological polar surface area (TPSA) is 41.8 Å². The van der Waals surface area contributed by atoms with Crippen LogP contribution in [0.5, 0.6) is 0 Å². The molecule has 1 heterocycles. The standard InChI is InChI=1S/C8H8N2.ClH/c9-7-4-5-10-8-3-1-2-6(7)8;/h1-5,10H,9H2;1H. The van der Waals surface area contributed by atoms with Gasteiger partial charge in [0, 0.05) is 23.1 Å². The number of pyridine rings is 1. The highest BCUT2D eigenvalue weighted by atomic mass is 35.5. The normalized spacial score (nSPS) is 9.45. The number of fused-ring (bicyclic) bond motifs is 1. The summed E-state index contributed by atoms with van der Waals surface area (Å²) in [4.78, 5) is 3.09. The average molecular weight is 169 g/mol. The highest BCUT2D eigenvalue weighted by Gasteiger charge is 2.02. The van der Waals surface area contributed by atoms with Crippen molar-refractivity contribution in [3.8, 4) is 11.3 Å². The van der Waals surface area contributed by atoms with Crippen molar-refractivity contribution >= 4 is 18.1 Å². The van der Waals surface area contributed by atoms with E-state index in [0.29, 0.717) is 0 Å². The zero-order chi connectivity index (χ0) is 6.97. The fourth-order valence-corrected chi connectivity index (χ4v) is 1.11. The van der Waals surface area contributed by atoms with Gasteiger partial charge in [-0.25, -0.2) is 0 Å². The molecule has 0 spiro atoms. The average Bonchev–Trinajstić information content (AvgIpc) is 2.36. The van der Waals surface area contributed by atoms with Crippen molar-refractivity contribution in [1.82, 2.24) is 4.98 Å². The van der Waals surface area contributed by atoms with Crippen LogP contribution in [0.1, 0.15) is 0 Å². The Kier molecular flexibility index (Phi) is 2.06. The molecule has 3 heteroatoms. The van der Waals surface area contributed by atoms with Crippen LogP contribution in [0.4, 0.5) is 5.69 Å². The molecule has 1 aliphatic carbocycles. The quantitative estimate of drug-likeness (QED) is 0.622. The molecule has 1 aliphatic heterocycles. The fraction of sp³-hybridized carbons (Fsp3) is 0. The van der Waals surface area contributed by atoms with E-state index in [4.69, 9.17) is 5.73 Å². The largest absolute Gasteiger partial charge is 0.398 e. The minimum Gasteiger partial charge on any atom is -0.398 e. The van der Waals surface area contributed by atoms with E-state index in [2.05, 4.69) is 4.98 Å². The van der Waals surface area contributed by atoms with Gasteiger partial charge < -0.3 is 10.7 Å². The molecule has 0 saturated heterocycles. The van der Waals surface area contributed by atoms with Crippen LogP contribution in [0.15, 0.2) is 30.5 Å². The van der Waals surface area contributed by atoms with Crippen LogP contribution < -0.4 is 5.73 Å². The van der Waals surface area contributed by atoms with E-state index in [-0.39, 0.29) is 12.4 Å². The molecule has 0 radical (unpaired) electrons. The van der Waals surface area contributed by atoms with Crippen molar-refractivity contribution in [2.75, 3.05) is 5.73 Å². The highest BCUT2D eigenvalue weighted by Crippen LogP contribution is 2.25. The van der Waals surface area contributed by atoms with Gasteiger partial charge in [0.25, 0.3) is 0 Å². The van der Waals surface area contributed by atoms with Gasteiger partial charge in [-0.1, -0.05) is 12.1 Å². The smallest absolute Gasteiger partial charge is 0.0474 e. The summed E-state index contributed by atoms with van der Waals surface area (Å²) in [5.74, 6) is 0. The molecule has 0 atom stereocenters. The number of aromatic amines is 1. The Balaban J connectivity index is 0.000000605. The lowest BCUT2D eigenvalue weighted by atomic mass is 10.2. The molecular weight excluding hydrogens is 160 g/mol. The molecule has 0 fully saturated rings. The Hall–Kier alpha value is -1.15. The minimum absolute atomic E-state index is 0. The van der Waals surface area contributed by atoms with E-state index in [0.717, 1.165) is 16.9 Å². The van der Waals surface area contributed by atoms with Crippen LogP contribution in [0.3, 0.4) is 0 Å². The number of nitrogen functional groups attached to an aromatic ring is 1. The van der Waals surface area contributed by atoms with Gasteiger partial charge in [0.15, 0.2) is 0 Å². The molecule has 0 bridgehead atoms. The van der Waals surface area contributed by atoms with Crippen LogP contribution in [0, 0.1) is 0 Å². The molecule has 2 rings (SSSR count). The second-order valence-electron chi connectivity index (χ2n) is 2.29. The summed E-state index contributed by atoms with van der Waals surface area (Å²) in [6.45, 7) is 0. The second kappa shape index (κ2) is 2.84. The monoisotopic (exact) mass is 168 g/mol. The van der Waals surface area contributed by atoms with Crippen LogP contribution in [0.2, 0.25) is 0 Å². The Morgan fingerprint density at radius 1 is 1.18 bits per heavy atom. The number of aromatic nitrogens is 1. The third-order valence-electron chi connectivity index (χ3n) is 1.63. The Morgan fingerprint density at radius 2 is 2.00 bits per heavy atom. The second-order valence-corrected chi connectivity index (χ2v) is 2.29. The summed E-state index contributed by atoms with van der Waals surface area (Å²) in [5.41, 5.74) is 8.71. The first-order valence-corrected chi connectivity index (χ1v) is 3.19. The number of nitrogens with two attached hydrogens (primary N) is 1. The zero-order valence-corrected chi connectivity index (χ0v) is 6.69. The SMILES string of the molecule is Cl.Nc1cc[nH]c2cccc1-2. The molecule has 0 saturated carbocycles. The van der Waals surface area contributed by atoms with Gasteiger partial charge in [-0.05, 0) is 12.1 Å².